The van der Waals surface area contributed by atoms with Crippen LogP contribution in [0.4, 0.5) is 10.5 Å². The number of rotatable bonds is 5. The van der Waals surface area contributed by atoms with E-state index in [4.69, 9.17) is 4.42 Å². The minimum atomic E-state index is -0.0915. The summed E-state index contributed by atoms with van der Waals surface area (Å²) in [7, 11) is 0. The summed E-state index contributed by atoms with van der Waals surface area (Å²) < 4.78 is 5.81. The number of aromatic nitrogens is 1. The van der Waals surface area contributed by atoms with Crippen LogP contribution >= 0.6 is 11.8 Å². The Labute approximate surface area is 161 Å². The van der Waals surface area contributed by atoms with Gasteiger partial charge in [0, 0.05) is 17.9 Å². The molecule has 0 bridgehead atoms. The van der Waals surface area contributed by atoms with E-state index in [1.807, 2.05) is 78.9 Å². The summed E-state index contributed by atoms with van der Waals surface area (Å²) in [6, 6.07) is 25.5. The van der Waals surface area contributed by atoms with E-state index >= 15 is 0 Å². The molecule has 3 aromatic carbocycles. The number of hydrogen-bond donors (Lipinski definition) is 1. The van der Waals surface area contributed by atoms with Crippen LogP contribution in [0.1, 0.15) is 17.0 Å². The van der Waals surface area contributed by atoms with Crippen LogP contribution in [-0.2, 0) is 12.2 Å². The van der Waals surface area contributed by atoms with Crippen molar-refractivity contribution >= 4 is 33.8 Å². The van der Waals surface area contributed by atoms with Gasteiger partial charge in [-0.1, -0.05) is 72.4 Å². The Morgan fingerprint density at radius 1 is 0.926 bits per heavy atom. The Hall–Kier alpha value is -3.05. The van der Waals surface area contributed by atoms with Gasteiger partial charge in [0.1, 0.15) is 5.52 Å². The summed E-state index contributed by atoms with van der Waals surface area (Å²) in [5.41, 5.74) is 4.44. The average Bonchev–Trinajstić information content (AvgIpc) is 3.09. The summed E-state index contributed by atoms with van der Waals surface area (Å²) in [5, 5.41) is 2.81. The average molecular weight is 374 g/mol. The molecule has 1 heterocycles. The van der Waals surface area contributed by atoms with Crippen LogP contribution in [0.25, 0.3) is 11.1 Å². The largest absolute Gasteiger partial charge is 0.440 e. The van der Waals surface area contributed by atoms with Crippen LogP contribution < -0.4 is 5.32 Å². The molecule has 0 saturated heterocycles. The maximum absolute atomic E-state index is 12.2. The van der Waals surface area contributed by atoms with Crippen molar-refractivity contribution in [3.63, 3.8) is 0 Å². The van der Waals surface area contributed by atoms with Crippen LogP contribution in [0, 0.1) is 0 Å². The van der Waals surface area contributed by atoms with E-state index in [9.17, 15) is 4.79 Å². The first kappa shape index (κ1) is 17.4. The standard InChI is InChI=1S/C22H18N2O2S/c25-22(27-15-17-9-5-2-6-10-17)23-18-11-12-20-19(14-18)24-21(26-20)13-16-7-3-1-4-8-16/h1-12,14H,13,15H2,(H,23,25). The Morgan fingerprint density at radius 3 is 2.37 bits per heavy atom. The minimum absolute atomic E-state index is 0.0915. The maximum Gasteiger partial charge on any atom is 0.283 e. The molecule has 1 amide bonds. The number of nitrogens with one attached hydrogen (secondary N) is 1. The van der Waals surface area contributed by atoms with Gasteiger partial charge < -0.3 is 9.73 Å². The van der Waals surface area contributed by atoms with E-state index in [1.54, 1.807) is 0 Å². The van der Waals surface area contributed by atoms with Gasteiger partial charge in [0.25, 0.3) is 5.24 Å². The quantitative estimate of drug-likeness (QED) is 0.474. The number of carbonyl (C=O) groups excluding carboxylic acids is 1. The first-order chi connectivity index (χ1) is 13.3. The molecule has 4 nitrogen and oxygen atoms in total. The Morgan fingerprint density at radius 2 is 1.63 bits per heavy atom. The lowest BCUT2D eigenvalue weighted by atomic mass is 10.1. The minimum Gasteiger partial charge on any atom is -0.440 e. The topological polar surface area (TPSA) is 55.1 Å². The molecular formula is C22H18N2O2S. The molecule has 0 saturated carbocycles. The normalized spacial score (nSPS) is 10.8. The van der Waals surface area contributed by atoms with E-state index in [0.717, 1.165) is 22.2 Å². The number of benzene rings is 3. The van der Waals surface area contributed by atoms with Crippen molar-refractivity contribution in [2.45, 2.75) is 12.2 Å². The smallest absolute Gasteiger partial charge is 0.283 e. The van der Waals surface area contributed by atoms with Crippen LogP contribution in [0.5, 0.6) is 0 Å². The molecule has 0 spiro atoms. The molecule has 0 aliphatic heterocycles. The van der Waals surface area contributed by atoms with E-state index in [1.165, 1.54) is 11.8 Å². The molecule has 5 heteroatoms. The second kappa shape index (κ2) is 8.10. The van der Waals surface area contributed by atoms with Gasteiger partial charge in [-0.15, -0.1) is 0 Å². The molecule has 0 fully saturated rings. The maximum atomic E-state index is 12.2. The van der Waals surface area contributed by atoms with Gasteiger partial charge in [0.15, 0.2) is 11.5 Å². The van der Waals surface area contributed by atoms with Crippen molar-refractivity contribution in [2.24, 2.45) is 0 Å². The molecule has 1 aromatic heterocycles. The molecule has 0 radical (unpaired) electrons. The number of amides is 1. The van der Waals surface area contributed by atoms with Crippen LogP contribution in [0.3, 0.4) is 0 Å². The van der Waals surface area contributed by atoms with Crippen LogP contribution in [0.2, 0.25) is 0 Å². The van der Waals surface area contributed by atoms with Gasteiger partial charge in [-0.3, -0.25) is 4.79 Å². The Balaban J connectivity index is 1.41. The van der Waals surface area contributed by atoms with Gasteiger partial charge in [-0.2, -0.15) is 0 Å². The zero-order chi connectivity index (χ0) is 18.5. The van der Waals surface area contributed by atoms with Crippen molar-refractivity contribution < 1.29 is 9.21 Å². The number of anilines is 1. The van der Waals surface area contributed by atoms with E-state index in [-0.39, 0.29) is 5.24 Å². The van der Waals surface area contributed by atoms with Crippen LogP contribution in [0.15, 0.2) is 83.3 Å². The lowest BCUT2D eigenvalue weighted by Gasteiger charge is -2.04. The van der Waals surface area contributed by atoms with Gasteiger partial charge in [-0.05, 0) is 29.3 Å². The summed E-state index contributed by atoms with van der Waals surface area (Å²) in [6.07, 6.45) is 0.643. The number of oxazole rings is 1. The number of thioether (sulfide) groups is 1. The number of hydrogen-bond acceptors (Lipinski definition) is 4. The third-order valence-electron chi connectivity index (χ3n) is 4.09. The fraction of sp³-hybridized carbons (Fsp3) is 0.0909. The fourth-order valence-corrected chi connectivity index (χ4v) is 3.46. The molecule has 0 aliphatic rings. The molecule has 4 rings (SSSR count). The number of carbonyl (C=O) groups is 1. The monoisotopic (exact) mass is 374 g/mol. The zero-order valence-electron chi connectivity index (χ0n) is 14.6. The molecule has 0 aliphatic carbocycles. The number of fused-ring (bicyclic) bond motifs is 1. The molecule has 134 valence electrons. The summed E-state index contributed by atoms with van der Waals surface area (Å²) in [4.78, 5) is 16.7. The Bertz CT molecular complexity index is 1050. The van der Waals surface area contributed by atoms with Gasteiger partial charge in [0.05, 0.1) is 0 Å². The third-order valence-corrected chi connectivity index (χ3v) is 4.93. The first-order valence-corrected chi connectivity index (χ1v) is 9.66. The summed E-state index contributed by atoms with van der Waals surface area (Å²) >= 11 is 1.24. The van der Waals surface area contributed by atoms with Gasteiger partial charge >= 0.3 is 0 Å². The number of nitrogens with zero attached hydrogens (tertiary/aromatic N) is 1. The van der Waals surface area contributed by atoms with Gasteiger partial charge in [-0.25, -0.2) is 4.98 Å². The highest BCUT2D eigenvalue weighted by Gasteiger charge is 2.09. The molecule has 1 N–H and O–H groups in total. The Kier molecular flexibility index (Phi) is 5.21. The van der Waals surface area contributed by atoms with Crippen molar-refractivity contribution in [3.05, 3.63) is 95.9 Å². The highest BCUT2D eigenvalue weighted by atomic mass is 32.2. The highest BCUT2D eigenvalue weighted by molar-refractivity contribution is 8.13. The molecule has 27 heavy (non-hydrogen) atoms. The van der Waals surface area contributed by atoms with E-state index < -0.39 is 0 Å². The summed E-state index contributed by atoms with van der Waals surface area (Å²) in [6.45, 7) is 0. The zero-order valence-corrected chi connectivity index (χ0v) is 15.4. The third kappa shape index (κ3) is 4.57. The van der Waals surface area contributed by atoms with Crippen molar-refractivity contribution in [1.29, 1.82) is 0 Å². The molecule has 4 aromatic rings. The predicted octanol–water partition coefficient (Wildman–Crippen LogP) is 5.88. The molecular weight excluding hydrogens is 356 g/mol. The van der Waals surface area contributed by atoms with Crippen molar-refractivity contribution in [3.8, 4) is 0 Å². The van der Waals surface area contributed by atoms with Crippen molar-refractivity contribution in [2.75, 3.05) is 5.32 Å². The van der Waals surface area contributed by atoms with Crippen LogP contribution in [-0.4, -0.2) is 10.2 Å². The van der Waals surface area contributed by atoms with Crippen molar-refractivity contribution in [1.82, 2.24) is 4.98 Å². The van der Waals surface area contributed by atoms with E-state index in [2.05, 4.69) is 10.3 Å². The SMILES string of the molecule is O=C(Nc1ccc2oc(Cc3ccccc3)nc2c1)SCc1ccccc1. The predicted molar refractivity (Wildman–Crippen MR) is 110 cm³/mol. The highest BCUT2D eigenvalue weighted by Crippen LogP contribution is 2.23. The summed E-state index contributed by atoms with van der Waals surface area (Å²) in [5.74, 6) is 1.30. The molecule has 0 unspecified atom stereocenters. The lowest BCUT2D eigenvalue weighted by Crippen LogP contribution is -2.05. The lowest BCUT2D eigenvalue weighted by molar-refractivity contribution is 0.269. The van der Waals surface area contributed by atoms with E-state index in [0.29, 0.717) is 23.8 Å². The second-order valence-electron chi connectivity index (χ2n) is 6.14. The molecule has 0 atom stereocenters. The first-order valence-electron chi connectivity index (χ1n) is 8.67. The second-order valence-corrected chi connectivity index (χ2v) is 7.09. The fourth-order valence-electron chi connectivity index (χ4n) is 2.78. The van der Waals surface area contributed by atoms with Gasteiger partial charge in [0.2, 0.25) is 0 Å².